The standard InChI is InChI=1S/C24H25BrN4O2S/c1-17(2)18-4-7-20(8-5-18)31-15-23(30)29(12-3-11-28-13-10-26-16-28)24-27-21-9-6-19(25)14-22(21)32-24/h4-10,13-14,16-17H,3,11-12,15H2,1-2H3. The first-order valence-corrected chi connectivity index (χ1v) is 12.2. The number of thiazole rings is 1. The van der Waals surface area contributed by atoms with Crippen LogP contribution in [0.25, 0.3) is 10.2 Å². The Morgan fingerprint density at radius 3 is 2.75 bits per heavy atom. The summed E-state index contributed by atoms with van der Waals surface area (Å²) >= 11 is 5.02. The van der Waals surface area contributed by atoms with Gasteiger partial charge in [-0.05, 0) is 48.2 Å². The van der Waals surface area contributed by atoms with E-state index in [9.17, 15) is 4.79 Å². The van der Waals surface area contributed by atoms with Gasteiger partial charge in [0.1, 0.15) is 5.75 Å². The van der Waals surface area contributed by atoms with Gasteiger partial charge in [-0.15, -0.1) is 0 Å². The van der Waals surface area contributed by atoms with Crippen LogP contribution in [0.4, 0.5) is 5.13 Å². The molecule has 166 valence electrons. The highest BCUT2D eigenvalue weighted by atomic mass is 79.9. The highest BCUT2D eigenvalue weighted by Crippen LogP contribution is 2.31. The van der Waals surface area contributed by atoms with E-state index in [1.165, 1.54) is 16.9 Å². The van der Waals surface area contributed by atoms with Crippen LogP contribution in [-0.2, 0) is 11.3 Å². The lowest BCUT2D eigenvalue weighted by Crippen LogP contribution is -2.36. The van der Waals surface area contributed by atoms with Crippen LogP contribution < -0.4 is 9.64 Å². The smallest absolute Gasteiger partial charge is 0.266 e. The van der Waals surface area contributed by atoms with Crippen molar-refractivity contribution >= 4 is 48.5 Å². The van der Waals surface area contributed by atoms with E-state index in [2.05, 4.69) is 34.8 Å². The zero-order valence-corrected chi connectivity index (χ0v) is 20.5. The molecular formula is C24H25BrN4O2S. The van der Waals surface area contributed by atoms with Crippen LogP contribution in [0.15, 0.2) is 65.7 Å². The molecular weight excluding hydrogens is 488 g/mol. The average molecular weight is 513 g/mol. The van der Waals surface area contributed by atoms with Crippen LogP contribution in [0.1, 0.15) is 31.7 Å². The SMILES string of the molecule is CC(C)c1ccc(OCC(=O)N(CCCn2ccnc2)c2nc3ccc(Br)cc3s2)cc1. The van der Waals surface area contributed by atoms with E-state index in [0.717, 1.165) is 27.7 Å². The van der Waals surface area contributed by atoms with Crippen LogP contribution in [0, 0.1) is 0 Å². The molecule has 2 aromatic carbocycles. The Morgan fingerprint density at radius 2 is 2.03 bits per heavy atom. The van der Waals surface area contributed by atoms with Crippen LogP contribution in [0.2, 0.25) is 0 Å². The maximum atomic E-state index is 13.2. The van der Waals surface area contributed by atoms with E-state index in [0.29, 0.717) is 23.3 Å². The number of hydrogen-bond donors (Lipinski definition) is 0. The number of benzene rings is 2. The fourth-order valence-corrected chi connectivity index (χ4v) is 4.89. The molecule has 0 radical (unpaired) electrons. The lowest BCUT2D eigenvalue weighted by molar-refractivity contribution is -0.120. The van der Waals surface area contributed by atoms with Crippen LogP contribution in [0.3, 0.4) is 0 Å². The van der Waals surface area contributed by atoms with Crippen molar-refractivity contribution in [3.8, 4) is 5.75 Å². The lowest BCUT2D eigenvalue weighted by Gasteiger charge is -2.20. The van der Waals surface area contributed by atoms with E-state index in [1.807, 2.05) is 53.2 Å². The van der Waals surface area contributed by atoms with Gasteiger partial charge in [0.2, 0.25) is 0 Å². The number of imidazole rings is 1. The van der Waals surface area contributed by atoms with Gasteiger partial charge in [-0.2, -0.15) is 0 Å². The predicted molar refractivity (Wildman–Crippen MR) is 133 cm³/mol. The number of hydrogen-bond acceptors (Lipinski definition) is 5. The normalized spacial score (nSPS) is 11.2. The summed E-state index contributed by atoms with van der Waals surface area (Å²) in [6, 6.07) is 13.9. The van der Waals surface area contributed by atoms with Crippen molar-refractivity contribution in [2.45, 2.75) is 32.7 Å². The van der Waals surface area contributed by atoms with Crippen LogP contribution in [0.5, 0.6) is 5.75 Å². The molecule has 0 saturated carbocycles. The van der Waals surface area contributed by atoms with Crippen molar-refractivity contribution in [1.29, 1.82) is 0 Å². The molecule has 0 aliphatic heterocycles. The first kappa shape index (κ1) is 22.5. The summed E-state index contributed by atoms with van der Waals surface area (Å²) in [5, 5.41) is 0.687. The second-order valence-corrected chi connectivity index (χ2v) is 9.75. The molecule has 4 rings (SSSR count). The summed E-state index contributed by atoms with van der Waals surface area (Å²) in [7, 11) is 0. The van der Waals surface area contributed by atoms with Gasteiger partial charge >= 0.3 is 0 Å². The van der Waals surface area contributed by atoms with Gasteiger partial charge in [-0.25, -0.2) is 9.97 Å². The molecule has 2 heterocycles. The number of aryl methyl sites for hydroxylation is 1. The zero-order chi connectivity index (χ0) is 22.5. The summed E-state index contributed by atoms with van der Waals surface area (Å²) in [5.41, 5.74) is 2.12. The van der Waals surface area contributed by atoms with Gasteiger partial charge in [0.25, 0.3) is 5.91 Å². The highest BCUT2D eigenvalue weighted by molar-refractivity contribution is 9.10. The molecule has 0 atom stereocenters. The summed E-state index contributed by atoms with van der Waals surface area (Å²) in [5.74, 6) is 1.03. The van der Waals surface area contributed by atoms with Crippen LogP contribution >= 0.6 is 27.3 Å². The van der Waals surface area contributed by atoms with Crippen molar-refractivity contribution in [3.63, 3.8) is 0 Å². The van der Waals surface area contributed by atoms with Gasteiger partial charge < -0.3 is 9.30 Å². The first-order valence-electron chi connectivity index (χ1n) is 10.5. The Kier molecular flexibility index (Phi) is 7.22. The number of aromatic nitrogens is 3. The van der Waals surface area contributed by atoms with Gasteiger partial charge in [-0.3, -0.25) is 9.69 Å². The zero-order valence-electron chi connectivity index (χ0n) is 18.1. The Morgan fingerprint density at radius 1 is 1.22 bits per heavy atom. The monoisotopic (exact) mass is 512 g/mol. The van der Waals surface area contributed by atoms with E-state index in [-0.39, 0.29) is 12.5 Å². The molecule has 0 aliphatic carbocycles. The van der Waals surface area contributed by atoms with E-state index in [4.69, 9.17) is 9.72 Å². The molecule has 2 aromatic heterocycles. The molecule has 0 bridgehead atoms. The van der Waals surface area contributed by atoms with Gasteiger partial charge in [0.15, 0.2) is 11.7 Å². The second kappa shape index (κ2) is 10.3. The van der Waals surface area contributed by atoms with Crippen molar-refractivity contribution in [3.05, 3.63) is 71.2 Å². The summed E-state index contributed by atoms with van der Waals surface area (Å²) < 4.78 is 9.84. The summed E-state index contributed by atoms with van der Waals surface area (Å²) in [6.45, 7) is 5.59. The maximum absolute atomic E-state index is 13.2. The van der Waals surface area contributed by atoms with Crippen molar-refractivity contribution in [2.75, 3.05) is 18.1 Å². The second-order valence-electron chi connectivity index (χ2n) is 7.82. The molecule has 32 heavy (non-hydrogen) atoms. The number of carbonyl (C=O) groups excluding carboxylic acids is 1. The third-order valence-corrected chi connectivity index (χ3v) is 6.67. The van der Waals surface area contributed by atoms with E-state index < -0.39 is 0 Å². The number of ether oxygens (including phenoxy) is 1. The Hall–Kier alpha value is -2.71. The Labute approximate surface area is 200 Å². The number of fused-ring (bicyclic) bond motifs is 1. The average Bonchev–Trinajstić information content (AvgIpc) is 3.44. The Balaban J connectivity index is 1.48. The quantitative estimate of drug-likeness (QED) is 0.281. The molecule has 0 spiro atoms. The highest BCUT2D eigenvalue weighted by Gasteiger charge is 2.20. The fourth-order valence-electron chi connectivity index (χ4n) is 3.33. The van der Waals surface area contributed by atoms with Crippen LogP contribution in [-0.4, -0.2) is 33.6 Å². The van der Waals surface area contributed by atoms with Gasteiger partial charge in [0.05, 0.1) is 16.5 Å². The minimum atomic E-state index is -0.110. The number of anilines is 1. The molecule has 0 fully saturated rings. The molecule has 0 N–H and O–H groups in total. The third-order valence-electron chi connectivity index (χ3n) is 5.14. The van der Waals surface area contributed by atoms with Gasteiger partial charge in [-0.1, -0.05) is 53.2 Å². The maximum Gasteiger partial charge on any atom is 0.266 e. The minimum absolute atomic E-state index is 0.0360. The van der Waals surface area contributed by atoms with Crippen molar-refractivity contribution in [1.82, 2.24) is 14.5 Å². The first-order chi connectivity index (χ1) is 15.5. The number of carbonyl (C=O) groups is 1. The number of amides is 1. The topological polar surface area (TPSA) is 60.2 Å². The summed E-state index contributed by atoms with van der Waals surface area (Å²) in [6.07, 6.45) is 6.24. The number of halogens is 1. The predicted octanol–water partition coefficient (Wildman–Crippen LogP) is 5.88. The third kappa shape index (κ3) is 5.55. The number of rotatable bonds is 9. The molecule has 0 aliphatic rings. The molecule has 0 unspecified atom stereocenters. The lowest BCUT2D eigenvalue weighted by atomic mass is 10.0. The molecule has 1 amide bonds. The summed E-state index contributed by atoms with van der Waals surface area (Å²) in [4.78, 5) is 23.7. The van der Waals surface area contributed by atoms with E-state index >= 15 is 0 Å². The Bertz CT molecular complexity index is 1170. The molecule has 4 aromatic rings. The van der Waals surface area contributed by atoms with Gasteiger partial charge in [0, 0.05) is 30.0 Å². The molecule has 0 saturated heterocycles. The molecule has 8 heteroatoms. The minimum Gasteiger partial charge on any atom is -0.484 e. The fraction of sp³-hybridized carbons (Fsp3) is 0.292. The van der Waals surface area contributed by atoms with Crippen molar-refractivity contribution < 1.29 is 9.53 Å². The van der Waals surface area contributed by atoms with E-state index in [1.54, 1.807) is 17.4 Å². The largest absolute Gasteiger partial charge is 0.484 e. The number of nitrogens with zero attached hydrogens (tertiary/aromatic N) is 4. The molecule has 6 nitrogen and oxygen atoms in total. The van der Waals surface area contributed by atoms with Crippen molar-refractivity contribution in [2.24, 2.45) is 0 Å².